The largest absolute Gasteiger partial charge is 0.474 e. The van der Waals surface area contributed by atoms with Crippen molar-refractivity contribution in [2.45, 2.75) is 57.9 Å². The summed E-state index contributed by atoms with van der Waals surface area (Å²) < 4.78 is 11.3. The molecule has 2 aromatic heterocycles. The molecule has 1 fully saturated rings. The van der Waals surface area contributed by atoms with Crippen LogP contribution in [0.5, 0.6) is 5.88 Å². The van der Waals surface area contributed by atoms with E-state index in [1.54, 1.807) is 25.5 Å². The minimum absolute atomic E-state index is 0.0182. The second-order valence-electron chi connectivity index (χ2n) is 7.34. The first-order valence-electron chi connectivity index (χ1n) is 10.1. The molecule has 1 unspecified atom stereocenters. The lowest BCUT2D eigenvalue weighted by Gasteiger charge is -2.21. The van der Waals surface area contributed by atoms with Crippen LogP contribution in [0.1, 0.15) is 55.0 Å². The molecule has 3 rings (SSSR count). The first kappa shape index (κ1) is 21.5. The van der Waals surface area contributed by atoms with Gasteiger partial charge in [-0.3, -0.25) is 4.99 Å². The van der Waals surface area contributed by atoms with Crippen molar-refractivity contribution in [3.05, 3.63) is 40.0 Å². The molecule has 0 bridgehead atoms. The predicted octanol–water partition coefficient (Wildman–Crippen LogP) is 3.77. The minimum Gasteiger partial charge on any atom is -0.474 e. The van der Waals surface area contributed by atoms with Crippen LogP contribution in [-0.2, 0) is 17.8 Å². The second-order valence-corrected chi connectivity index (χ2v) is 8.23. The van der Waals surface area contributed by atoms with Crippen molar-refractivity contribution in [3.63, 3.8) is 0 Å². The van der Waals surface area contributed by atoms with Gasteiger partial charge in [-0.05, 0) is 38.2 Å². The maximum Gasteiger partial charge on any atom is 0.213 e. The second kappa shape index (κ2) is 10.5. The van der Waals surface area contributed by atoms with Gasteiger partial charge < -0.3 is 19.7 Å². The van der Waals surface area contributed by atoms with Gasteiger partial charge in [-0.25, -0.2) is 9.97 Å². The molecule has 1 saturated carbocycles. The maximum absolute atomic E-state index is 5.93. The van der Waals surface area contributed by atoms with Crippen LogP contribution < -0.4 is 10.1 Å². The molecule has 1 aliphatic rings. The van der Waals surface area contributed by atoms with Crippen LogP contribution in [0.15, 0.2) is 28.7 Å². The monoisotopic (exact) mass is 417 g/mol. The van der Waals surface area contributed by atoms with Gasteiger partial charge in [0.15, 0.2) is 5.96 Å². The molecule has 1 aliphatic carbocycles. The zero-order chi connectivity index (χ0) is 20.6. The van der Waals surface area contributed by atoms with Gasteiger partial charge in [0.2, 0.25) is 5.88 Å². The van der Waals surface area contributed by atoms with Gasteiger partial charge in [-0.15, -0.1) is 11.3 Å². The highest BCUT2D eigenvalue weighted by Gasteiger charge is 2.17. The Morgan fingerprint density at radius 2 is 2.17 bits per heavy atom. The molecule has 0 amide bonds. The number of rotatable bonds is 8. The average molecular weight is 418 g/mol. The van der Waals surface area contributed by atoms with Gasteiger partial charge in [0.1, 0.15) is 17.2 Å². The zero-order valence-electron chi connectivity index (χ0n) is 17.7. The average Bonchev–Trinajstić information content (AvgIpc) is 3.41. The SMILES string of the molecule is CN=C(NCc1ccc(OC2CCCC2)nc1)N(C)Cc1csc(C(C)OC)n1. The number of thiazole rings is 1. The molecule has 0 aliphatic heterocycles. The van der Waals surface area contributed by atoms with Crippen molar-refractivity contribution in [2.24, 2.45) is 4.99 Å². The molecular weight excluding hydrogens is 386 g/mol. The number of methoxy groups -OCH3 is 1. The Kier molecular flexibility index (Phi) is 7.83. The standard InChI is InChI=1S/C21H31N5O2S/c1-15(27-4)20-25-17(14-29-20)13-26(3)21(22-2)24-12-16-9-10-19(23-11-16)28-18-7-5-6-8-18/h9-11,14-15,18H,5-8,12-13H2,1-4H3,(H,22,24). The number of nitrogens with one attached hydrogen (secondary N) is 1. The molecular formula is C21H31N5O2S. The van der Waals surface area contributed by atoms with Crippen LogP contribution in [0.3, 0.4) is 0 Å². The summed E-state index contributed by atoms with van der Waals surface area (Å²) in [5.74, 6) is 1.53. The van der Waals surface area contributed by atoms with Crippen LogP contribution in [0.25, 0.3) is 0 Å². The third-order valence-corrected chi connectivity index (χ3v) is 6.14. The summed E-state index contributed by atoms with van der Waals surface area (Å²) in [4.78, 5) is 15.5. The number of pyridine rings is 1. The Balaban J connectivity index is 1.49. The topological polar surface area (TPSA) is 71.9 Å². The molecule has 1 N–H and O–H groups in total. The fourth-order valence-electron chi connectivity index (χ4n) is 3.33. The van der Waals surface area contributed by atoms with Crippen LogP contribution in [-0.4, -0.2) is 48.1 Å². The fourth-order valence-corrected chi connectivity index (χ4v) is 4.17. The summed E-state index contributed by atoms with van der Waals surface area (Å²) in [6, 6.07) is 4.01. The summed E-state index contributed by atoms with van der Waals surface area (Å²) in [5, 5.41) is 6.45. The van der Waals surface area contributed by atoms with Gasteiger partial charge in [0.05, 0.1) is 12.2 Å². The van der Waals surface area contributed by atoms with E-state index in [-0.39, 0.29) is 6.10 Å². The maximum atomic E-state index is 5.93. The van der Waals surface area contributed by atoms with Crippen molar-refractivity contribution < 1.29 is 9.47 Å². The molecule has 0 spiro atoms. The van der Waals surface area contributed by atoms with E-state index < -0.39 is 0 Å². The smallest absolute Gasteiger partial charge is 0.213 e. The van der Waals surface area contributed by atoms with E-state index in [2.05, 4.69) is 36.6 Å². The van der Waals surface area contributed by atoms with Gasteiger partial charge in [0, 0.05) is 45.4 Å². The van der Waals surface area contributed by atoms with Crippen molar-refractivity contribution >= 4 is 17.3 Å². The van der Waals surface area contributed by atoms with Gasteiger partial charge in [-0.1, -0.05) is 6.07 Å². The third kappa shape index (κ3) is 6.14. The van der Waals surface area contributed by atoms with Crippen molar-refractivity contribution in [1.82, 2.24) is 20.2 Å². The lowest BCUT2D eigenvalue weighted by molar-refractivity contribution is 0.119. The molecule has 1 atom stereocenters. The third-order valence-electron chi connectivity index (χ3n) is 5.08. The molecule has 0 saturated heterocycles. The molecule has 8 heteroatoms. The van der Waals surface area contributed by atoms with E-state index in [4.69, 9.17) is 9.47 Å². The number of aliphatic imine (C=N–C) groups is 1. The van der Waals surface area contributed by atoms with Gasteiger partial charge >= 0.3 is 0 Å². The highest BCUT2D eigenvalue weighted by Crippen LogP contribution is 2.23. The summed E-state index contributed by atoms with van der Waals surface area (Å²) in [6.07, 6.45) is 7.00. The highest BCUT2D eigenvalue weighted by molar-refractivity contribution is 7.09. The van der Waals surface area contributed by atoms with E-state index in [1.165, 1.54) is 12.8 Å². The van der Waals surface area contributed by atoms with E-state index in [9.17, 15) is 0 Å². The summed E-state index contributed by atoms with van der Waals surface area (Å²) in [6.45, 7) is 3.33. The Labute approximate surface area is 177 Å². The van der Waals surface area contributed by atoms with E-state index >= 15 is 0 Å². The van der Waals surface area contributed by atoms with Crippen molar-refractivity contribution in [2.75, 3.05) is 21.2 Å². The quantitative estimate of drug-likeness (QED) is 0.521. The van der Waals surface area contributed by atoms with Crippen molar-refractivity contribution in [1.29, 1.82) is 0 Å². The molecule has 29 heavy (non-hydrogen) atoms. The summed E-state index contributed by atoms with van der Waals surface area (Å²) >= 11 is 1.62. The molecule has 2 heterocycles. The highest BCUT2D eigenvalue weighted by atomic mass is 32.1. The Bertz CT molecular complexity index is 787. The normalized spacial score (nSPS) is 16.1. The Morgan fingerprint density at radius 3 is 2.83 bits per heavy atom. The molecule has 158 valence electrons. The van der Waals surface area contributed by atoms with Crippen LogP contribution in [0.4, 0.5) is 0 Å². The number of hydrogen-bond acceptors (Lipinski definition) is 6. The number of aromatic nitrogens is 2. The predicted molar refractivity (Wildman–Crippen MR) is 116 cm³/mol. The van der Waals surface area contributed by atoms with Gasteiger partial charge in [-0.2, -0.15) is 0 Å². The number of hydrogen-bond donors (Lipinski definition) is 1. The lowest BCUT2D eigenvalue weighted by atomic mass is 10.3. The van der Waals surface area contributed by atoms with E-state index in [0.29, 0.717) is 25.1 Å². The van der Waals surface area contributed by atoms with Crippen LogP contribution >= 0.6 is 11.3 Å². The zero-order valence-corrected chi connectivity index (χ0v) is 18.5. The minimum atomic E-state index is 0.0182. The molecule has 2 aromatic rings. The van der Waals surface area contributed by atoms with E-state index in [1.807, 2.05) is 26.2 Å². The number of ether oxygens (including phenoxy) is 2. The van der Waals surface area contributed by atoms with Crippen LogP contribution in [0, 0.1) is 0 Å². The Morgan fingerprint density at radius 1 is 1.38 bits per heavy atom. The molecule has 0 aromatic carbocycles. The number of guanidine groups is 1. The fraction of sp³-hybridized carbons (Fsp3) is 0.571. The lowest BCUT2D eigenvalue weighted by Crippen LogP contribution is -2.38. The van der Waals surface area contributed by atoms with E-state index in [0.717, 1.165) is 35.1 Å². The van der Waals surface area contributed by atoms with Gasteiger partial charge in [0.25, 0.3) is 0 Å². The molecule has 7 nitrogen and oxygen atoms in total. The number of nitrogens with zero attached hydrogens (tertiary/aromatic N) is 4. The first-order valence-corrected chi connectivity index (χ1v) is 11.0. The van der Waals surface area contributed by atoms with Crippen molar-refractivity contribution in [3.8, 4) is 5.88 Å². The van der Waals surface area contributed by atoms with Crippen LogP contribution in [0.2, 0.25) is 0 Å². The molecule has 0 radical (unpaired) electrons. The summed E-state index contributed by atoms with van der Waals surface area (Å²) in [5.41, 5.74) is 2.10. The first-order chi connectivity index (χ1) is 14.1. The Hall–Kier alpha value is -2.19. The summed E-state index contributed by atoms with van der Waals surface area (Å²) in [7, 11) is 5.49.